The van der Waals surface area contributed by atoms with E-state index in [0.29, 0.717) is 11.4 Å². The lowest BCUT2D eigenvalue weighted by Gasteiger charge is -2.27. The lowest BCUT2D eigenvalue weighted by Crippen LogP contribution is -2.46. The topological polar surface area (TPSA) is 81.4 Å². The first-order valence-corrected chi connectivity index (χ1v) is 8.45. The molecule has 1 rings (SSSR count). The zero-order valence-corrected chi connectivity index (χ0v) is 13.2. The maximum atomic E-state index is 12.0. The Hall–Kier alpha value is -1.27. The van der Waals surface area contributed by atoms with E-state index in [1.165, 1.54) is 0 Å². The van der Waals surface area contributed by atoms with Gasteiger partial charge in [0.15, 0.2) is 0 Å². The first-order chi connectivity index (χ1) is 9.30. The smallest absolute Gasteiger partial charge is 0.215 e. The monoisotopic (exact) mass is 300 g/mol. The average Bonchev–Trinajstić information content (AvgIpc) is 2.40. The van der Waals surface area contributed by atoms with Gasteiger partial charge in [0, 0.05) is 11.2 Å². The normalized spacial score (nSPS) is 12.3. The van der Waals surface area contributed by atoms with E-state index < -0.39 is 10.0 Å². The quantitative estimate of drug-likeness (QED) is 0.721. The molecule has 20 heavy (non-hydrogen) atoms. The van der Waals surface area contributed by atoms with E-state index in [9.17, 15) is 8.42 Å². The summed E-state index contributed by atoms with van der Waals surface area (Å²) in [4.78, 5) is 0. The molecule has 0 amide bonds. The zero-order chi connectivity index (χ0) is 15.2. The van der Waals surface area contributed by atoms with Crippen LogP contribution in [-0.4, -0.2) is 26.3 Å². The van der Waals surface area contributed by atoms with Gasteiger partial charge in [0.05, 0.1) is 5.75 Å². The Bertz CT molecular complexity index is 508. The summed E-state index contributed by atoms with van der Waals surface area (Å²) in [5, 5.41) is 0. The van der Waals surface area contributed by atoms with E-state index in [0.717, 1.165) is 12.8 Å². The Labute approximate surface area is 121 Å². The number of rotatable bonds is 8. The van der Waals surface area contributed by atoms with Crippen LogP contribution in [0.15, 0.2) is 24.3 Å². The highest BCUT2D eigenvalue weighted by Crippen LogP contribution is 2.16. The number of anilines is 1. The number of nitrogens with one attached hydrogen (secondary N) is 1. The van der Waals surface area contributed by atoms with Gasteiger partial charge in [0.1, 0.15) is 12.4 Å². The molecular formula is C14H24N2O3S. The third kappa shape index (κ3) is 5.38. The van der Waals surface area contributed by atoms with Crippen molar-refractivity contribution >= 4 is 15.7 Å². The number of ether oxygens (including phenoxy) is 1. The summed E-state index contributed by atoms with van der Waals surface area (Å²) in [5.74, 6) is 0.551. The first-order valence-electron chi connectivity index (χ1n) is 6.80. The first kappa shape index (κ1) is 16.8. The number of nitrogens with two attached hydrogens (primary N) is 1. The van der Waals surface area contributed by atoms with Crippen molar-refractivity contribution in [2.45, 2.75) is 39.2 Å². The Kier molecular flexibility index (Phi) is 5.83. The minimum Gasteiger partial charge on any atom is -0.492 e. The van der Waals surface area contributed by atoms with Gasteiger partial charge in [-0.05, 0) is 44.0 Å². The maximum Gasteiger partial charge on any atom is 0.215 e. The van der Waals surface area contributed by atoms with E-state index in [4.69, 9.17) is 10.5 Å². The molecule has 0 unspecified atom stereocenters. The van der Waals surface area contributed by atoms with Gasteiger partial charge in [0.25, 0.3) is 0 Å². The Morgan fingerprint density at radius 2 is 1.75 bits per heavy atom. The summed E-state index contributed by atoms with van der Waals surface area (Å²) in [6, 6.07) is 6.87. The van der Waals surface area contributed by atoms with Crippen molar-refractivity contribution in [3.05, 3.63) is 24.3 Å². The molecule has 114 valence electrons. The second-order valence-corrected chi connectivity index (χ2v) is 6.95. The van der Waals surface area contributed by atoms with Crippen LogP contribution >= 0.6 is 0 Å². The molecule has 0 radical (unpaired) electrons. The number of hydrogen-bond donors (Lipinski definition) is 2. The predicted octanol–water partition coefficient (Wildman–Crippen LogP) is 2.15. The van der Waals surface area contributed by atoms with Crippen LogP contribution in [0.2, 0.25) is 0 Å². The van der Waals surface area contributed by atoms with Gasteiger partial charge in [-0.1, -0.05) is 13.8 Å². The van der Waals surface area contributed by atoms with Gasteiger partial charge < -0.3 is 10.5 Å². The lowest BCUT2D eigenvalue weighted by atomic mass is 9.98. The van der Waals surface area contributed by atoms with Crippen molar-refractivity contribution in [3.63, 3.8) is 0 Å². The van der Waals surface area contributed by atoms with Gasteiger partial charge in [-0.2, -0.15) is 0 Å². The molecule has 1 aromatic rings. The van der Waals surface area contributed by atoms with Crippen LogP contribution in [-0.2, 0) is 10.0 Å². The lowest BCUT2D eigenvalue weighted by molar-refractivity contribution is 0.336. The van der Waals surface area contributed by atoms with E-state index in [1.807, 2.05) is 20.8 Å². The average molecular weight is 300 g/mol. The Balaban J connectivity index is 2.49. The summed E-state index contributed by atoms with van der Waals surface area (Å²) in [7, 11) is -3.34. The van der Waals surface area contributed by atoms with Crippen LogP contribution in [0.3, 0.4) is 0 Å². The van der Waals surface area contributed by atoms with Crippen LogP contribution in [0.1, 0.15) is 33.6 Å². The molecule has 0 heterocycles. The fourth-order valence-electron chi connectivity index (χ4n) is 1.65. The van der Waals surface area contributed by atoms with Gasteiger partial charge in [-0.25, -0.2) is 13.1 Å². The number of sulfonamides is 1. The second kappa shape index (κ2) is 6.95. The van der Waals surface area contributed by atoms with Crippen LogP contribution in [0.5, 0.6) is 5.75 Å². The van der Waals surface area contributed by atoms with E-state index in [1.54, 1.807) is 24.3 Å². The minimum atomic E-state index is -3.34. The molecule has 0 atom stereocenters. The molecule has 6 heteroatoms. The molecule has 0 saturated carbocycles. The highest BCUT2D eigenvalue weighted by atomic mass is 32.2. The van der Waals surface area contributed by atoms with Crippen LogP contribution in [0.25, 0.3) is 0 Å². The van der Waals surface area contributed by atoms with E-state index >= 15 is 0 Å². The van der Waals surface area contributed by atoms with Crippen LogP contribution < -0.4 is 15.2 Å². The second-order valence-electron chi connectivity index (χ2n) is 5.11. The van der Waals surface area contributed by atoms with Crippen molar-refractivity contribution in [1.82, 2.24) is 4.72 Å². The summed E-state index contributed by atoms with van der Waals surface area (Å²) in [6.07, 6.45) is 1.50. The SMILES string of the molecule is CCC(C)(CC)NS(=O)(=O)CCOc1ccc(N)cc1. The predicted molar refractivity (Wildman–Crippen MR) is 82.3 cm³/mol. The van der Waals surface area contributed by atoms with Gasteiger partial charge in [-0.15, -0.1) is 0 Å². The molecule has 0 aliphatic heterocycles. The zero-order valence-electron chi connectivity index (χ0n) is 12.3. The third-order valence-electron chi connectivity index (χ3n) is 3.46. The molecule has 1 aromatic carbocycles. The van der Waals surface area contributed by atoms with Gasteiger partial charge in [0.2, 0.25) is 10.0 Å². The van der Waals surface area contributed by atoms with Crippen molar-refractivity contribution in [2.75, 3.05) is 18.1 Å². The standard InChI is InChI=1S/C14H24N2O3S/c1-4-14(3,5-2)16-20(17,18)11-10-19-13-8-6-12(15)7-9-13/h6-9,16H,4-5,10-11,15H2,1-3H3. The molecule has 0 aliphatic carbocycles. The summed E-state index contributed by atoms with van der Waals surface area (Å²) in [6.45, 7) is 5.96. The fourth-order valence-corrected chi connectivity index (χ4v) is 3.10. The maximum absolute atomic E-state index is 12.0. The molecule has 3 N–H and O–H groups in total. The summed E-state index contributed by atoms with van der Waals surface area (Å²) < 4.78 is 32.1. The van der Waals surface area contributed by atoms with Crippen LogP contribution in [0.4, 0.5) is 5.69 Å². The Morgan fingerprint density at radius 3 is 2.25 bits per heavy atom. The number of benzene rings is 1. The van der Waals surface area contributed by atoms with Crippen molar-refractivity contribution in [1.29, 1.82) is 0 Å². The third-order valence-corrected chi connectivity index (χ3v) is 4.97. The van der Waals surface area contributed by atoms with E-state index in [2.05, 4.69) is 4.72 Å². The summed E-state index contributed by atoms with van der Waals surface area (Å²) >= 11 is 0. The van der Waals surface area contributed by atoms with Crippen molar-refractivity contribution in [3.8, 4) is 5.75 Å². The van der Waals surface area contributed by atoms with Gasteiger partial charge >= 0.3 is 0 Å². The molecule has 0 fully saturated rings. The van der Waals surface area contributed by atoms with E-state index in [-0.39, 0.29) is 17.9 Å². The largest absolute Gasteiger partial charge is 0.492 e. The highest BCUT2D eigenvalue weighted by Gasteiger charge is 2.25. The van der Waals surface area contributed by atoms with Crippen LogP contribution in [0, 0.1) is 0 Å². The molecule has 0 spiro atoms. The summed E-state index contributed by atoms with van der Waals surface area (Å²) in [5.41, 5.74) is 5.82. The molecular weight excluding hydrogens is 276 g/mol. The molecule has 0 saturated heterocycles. The fraction of sp³-hybridized carbons (Fsp3) is 0.571. The molecule has 0 bridgehead atoms. The van der Waals surface area contributed by atoms with Gasteiger partial charge in [-0.3, -0.25) is 0 Å². The number of hydrogen-bond acceptors (Lipinski definition) is 4. The minimum absolute atomic E-state index is 0.0625. The van der Waals surface area contributed by atoms with Crippen molar-refractivity contribution < 1.29 is 13.2 Å². The molecule has 0 aliphatic rings. The molecule has 5 nitrogen and oxygen atoms in total. The molecule has 0 aromatic heterocycles. The highest BCUT2D eigenvalue weighted by molar-refractivity contribution is 7.89. The Morgan fingerprint density at radius 1 is 1.20 bits per heavy atom. The van der Waals surface area contributed by atoms with Crippen molar-refractivity contribution in [2.24, 2.45) is 0 Å². The number of nitrogen functional groups attached to an aromatic ring is 1.